The summed E-state index contributed by atoms with van der Waals surface area (Å²) in [6, 6.07) is 5.59. The van der Waals surface area contributed by atoms with Crippen molar-refractivity contribution in [3.05, 3.63) is 47.2 Å². The number of aromatic nitrogens is 1. The molecule has 0 unspecified atom stereocenters. The van der Waals surface area contributed by atoms with Crippen LogP contribution in [0.1, 0.15) is 30.7 Å². The molecule has 0 fully saturated rings. The summed E-state index contributed by atoms with van der Waals surface area (Å²) in [6.07, 6.45) is 3.92. The number of ether oxygens (including phenoxy) is 3. The molecule has 1 aromatic carbocycles. The second kappa shape index (κ2) is 10.3. The molecule has 0 aliphatic heterocycles. The van der Waals surface area contributed by atoms with Crippen LogP contribution in [-0.2, 0) is 4.84 Å². The molecule has 0 amide bonds. The fourth-order valence-corrected chi connectivity index (χ4v) is 2.43. The van der Waals surface area contributed by atoms with Crippen LogP contribution in [0.2, 0.25) is 0 Å². The van der Waals surface area contributed by atoms with Crippen LogP contribution in [0.25, 0.3) is 0 Å². The van der Waals surface area contributed by atoms with E-state index in [-0.39, 0.29) is 0 Å². The molecule has 0 saturated heterocycles. The zero-order valence-electron chi connectivity index (χ0n) is 16.4. The summed E-state index contributed by atoms with van der Waals surface area (Å²) in [5, 5.41) is 7.62. The monoisotopic (exact) mass is 374 g/mol. The summed E-state index contributed by atoms with van der Waals surface area (Å²) < 4.78 is 22.2. The number of allylic oxidation sites excluding steroid dienone is 1. The van der Waals surface area contributed by atoms with E-state index in [4.69, 9.17) is 23.6 Å². The first-order valence-corrected chi connectivity index (χ1v) is 8.70. The number of hydrogen-bond acceptors (Lipinski definition) is 7. The Kier molecular flexibility index (Phi) is 7.73. The average molecular weight is 374 g/mol. The molecular formula is C20H26N2O5. The normalized spacial score (nSPS) is 11.7. The van der Waals surface area contributed by atoms with E-state index in [1.54, 1.807) is 13.0 Å². The lowest BCUT2D eigenvalue weighted by molar-refractivity contribution is 0.202. The van der Waals surface area contributed by atoms with Crippen LogP contribution in [0, 0.1) is 13.8 Å². The van der Waals surface area contributed by atoms with Crippen molar-refractivity contribution in [1.82, 2.24) is 5.16 Å². The van der Waals surface area contributed by atoms with Gasteiger partial charge in [-0.3, -0.25) is 0 Å². The Hall–Kier alpha value is -2.96. The standard InChI is InChI=1S/C20H26N2O5/c1-6-7-8-24-17-11-14(2)20(15(3)12-17)26-10-9-25-19-13-18(27-22-19)16(4)21-23-5/h6-7,11-13H,8-10H2,1-5H3/b7-6+,21-16?. The first-order valence-electron chi connectivity index (χ1n) is 8.70. The third-order valence-corrected chi connectivity index (χ3v) is 3.67. The lowest BCUT2D eigenvalue weighted by Gasteiger charge is -2.14. The van der Waals surface area contributed by atoms with Gasteiger partial charge in [0.25, 0.3) is 5.88 Å². The Labute approximate surface area is 159 Å². The molecule has 0 aliphatic carbocycles. The van der Waals surface area contributed by atoms with Gasteiger partial charge in [0.2, 0.25) is 0 Å². The molecule has 2 rings (SSSR count). The number of nitrogens with zero attached hydrogens (tertiary/aromatic N) is 2. The maximum absolute atomic E-state index is 5.87. The summed E-state index contributed by atoms with van der Waals surface area (Å²) in [5.74, 6) is 2.53. The molecule has 0 aliphatic rings. The van der Waals surface area contributed by atoms with Gasteiger partial charge in [0.1, 0.15) is 44.1 Å². The average Bonchev–Trinajstić information content (AvgIpc) is 3.10. The summed E-state index contributed by atoms with van der Waals surface area (Å²) in [7, 11) is 1.47. The van der Waals surface area contributed by atoms with Gasteiger partial charge < -0.3 is 23.6 Å². The number of benzene rings is 1. The van der Waals surface area contributed by atoms with Crippen LogP contribution < -0.4 is 14.2 Å². The third kappa shape index (κ3) is 6.06. The van der Waals surface area contributed by atoms with Gasteiger partial charge in [0.15, 0.2) is 5.76 Å². The highest BCUT2D eigenvalue weighted by atomic mass is 16.6. The van der Waals surface area contributed by atoms with Gasteiger partial charge in [0, 0.05) is 0 Å². The van der Waals surface area contributed by atoms with Gasteiger partial charge in [-0.2, -0.15) is 0 Å². The van der Waals surface area contributed by atoms with E-state index in [1.165, 1.54) is 7.11 Å². The highest BCUT2D eigenvalue weighted by Gasteiger charge is 2.10. The van der Waals surface area contributed by atoms with E-state index in [1.807, 2.05) is 45.1 Å². The van der Waals surface area contributed by atoms with Crippen molar-refractivity contribution in [2.24, 2.45) is 5.16 Å². The van der Waals surface area contributed by atoms with Crippen molar-refractivity contribution >= 4 is 5.71 Å². The predicted molar refractivity (Wildman–Crippen MR) is 103 cm³/mol. The Balaban J connectivity index is 1.85. The fraction of sp³-hybridized carbons (Fsp3) is 0.400. The van der Waals surface area contributed by atoms with Crippen molar-refractivity contribution in [2.45, 2.75) is 27.7 Å². The zero-order valence-corrected chi connectivity index (χ0v) is 16.4. The minimum atomic E-state index is 0.338. The Morgan fingerprint density at radius 3 is 2.48 bits per heavy atom. The SMILES string of the molecule is C/C=C/COc1cc(C)c(OCCOc2cc(C(C)=NOC)on2)c(C)c1. The molecule has 0 N–H and O–H groups in total. The minimum Gasteiger partial charge on any atom is -0.490 e. The quantitative estimate of drug-likeness (QED) is 0.270. The van der Waals surface area contributed by atoms with Crippen molar-refractivity contribution in [2.75, 3.05) is 26.9 Å². The van der Waals surface area contributed by atoms with E-state index in [2.05, 4.69) is 10.3 Å². The number of rotatable bonds is 10. The van der Waals surface area contributed by atoms with E-state index in [0.717, 1.165) is 22.6 Å². The largest absolute Gasteiger partial charge is 0.490 e. The molecule has 1 heterocycles. The number of oxime groups is 1. The van der Waals surface area contributed by atoms with Gasteiger partial charge >= 0.3 is 0 Å². The van der Waals surface area contributed by atoms with Crippen molar-refractivity contribution < 1.29 is 23.6 Å². The zero-order chi connectivity index (χ0) is 19.6. The Bertz CT molecular complexity index is 772. The second-order valence-electron chi connectivity index (χ2n) is 5.85. The molecule has 2 aromatic rings. The molecule has 7 heteroatoms. The molecular weight excluding hydrogens is 348 g/mol. The summed E-state index contributed by atoms with van der Waals surface area (Å²) in [6.45, 7) is 8.98. The van der Waals surface area contributed by atoms with Gasteiger partial charge in [-0.05, 0) is 56.1 Å². The van der Waals surface area contributed by atoms with E-state index in [9.17, 15) is 0 Å². The topological polar surface area (TPSA) is 75.3 Å². The minimum absolute atomic E-state index is 0.338. The Morgan fingerprint density at radius 2 is 1.81 bits per heavy atom. The Morgan fingerprint density at radius 1 is 1.11 bits per heavy atom. The fourth-order valence-electron chi connectivity index (χ4n) is 2.43. The summed E-state index contributed by atoms with van der Waals surface area (Å²) in [5.41, 5.74) is 2.61. The maximum atomic E-state index is 5.87. The molecule has 1 aromatic heterocycles. The molecule has 0 atom stereocenters. The smallest absolute Gasteiger partial charge is 0.254 e. The van der Waals surface area contributed by atoms with Crippen LogP contribution >= 0.6 is 0 Å². The molecule has 0 radical (unpaired) electrons. The van der Waals surface area contributed by atoms with Gasteiger partial charge in [0.05, 0.1) is 6.07 Å². The first-order chi connectivity index (χ1) is 13.0. The molecule has 0 spiro atoms. The van der Waals surface area contributed by atoms with Crippen molar-refractivity contribution in [1.29, 1.82) is 0 Å². The maximum Gasteiger partial charge on any atom is 0.254 e. The lowest BCUT2D eigenvalue weighted by atomic mass is 10.1. The number of hydrogen-bond donors (Lipinski definition) is 0. The summed E-state index contributed by atoms with van der Waals surface area (Å²) >= 11 is 0. The first kappa shape index (κ1) is 20.4. The van der Waals surface area contributed by atoms with E-state index < -0.39 is 0 Å². The van der Waals surface area contributed by atoms with Crippen LogP contribution in [0.5, 0.6) is 17.4 Å². The molecule has 146 valence electrons. The molecule has 0 bridgehead atoms. The van der Waals surface area contributed by atoms with Gasteiger partial charge in [-0.15, -0.1) is 0 Å². The third-order valence-electron chi connectivity index (χ3n) is 3.67. The summed E-state index contributed by atoms with van der Waals surface area (Å²) in [4.78, 5) is 4.70. The number of aryl methyl sites for hydroxylation is 2. The highest BCUT2D eigenvalue weighted by molar-refractivity contribution is 5.95. The van der Waals surface area contributed by atoms with Crippen LogP contribution in [-0.4, -0.2) is 37.8 Å². The van der Waals surface area contributed by atoms with Crippen LogP contribution in [0.4, 0.5) is 0 Å². The predicted octanol–water partition coefficient (Wildman–Crippen LogP) is 4.07. The van der Waals surface area contributed by atoms with Crippen LogP contribution in [0.3, 0.4) is 0 Å². The molecule has 27 heavy (non-hydrogen) atoms. The van der Waals surface area contributed by atoms with E-state index in [0.29, 0.717) is 37.2 Å². The van der Waals surface area contributed by atoms with Gasteiger partial charge in [-0.1, -0.05) is 17.3 Å². The lowest BCUT2D eigenvalue weighted by Crippen LogP contribution is -2.10. The highest BCUT2D eigenvalue weighted by Crippen LogP contribution is 2.28. The van der Waals surface area contributed by atoms with Crippen molar-refractivity contribution in [3.63, 3.8) is 0 Å². The second-order valence-corrected chi connectivity index (χ2v) is 5.85. The molecule has 0 saturated carbocycles. The van der Waals surface area contributed by atoms with Crippen LogP contribution in [0.15, 0.2) is 40.0 Å². The van der Waals surface area contributed by atoms with Crippen molar-refractivity contribution in [3.8, 4) is 17.4 Å². The van der Waals surface area contributed by atoms with E-state index >= 15 is 0 Å². The molecule has 7 nitrogen and oxygen atoms in total. The van der Waals surface area contributed by atoms with Gasteiger partial charge in [-0.25, -0.2) is 0 Å².